The number of benzene rings is 1. The monoisotopic (exact) mass is 243 g/mol. The second kappa shape index (κ2) is 4.60. The zero-order valence-electron chi connectivity index (χ0n) is 9.39. The summed E-state index contributed by atoms with van der Waals surface area (Å²) in [6.45, 7) is 2.10. The first-order valence-corrected chi connectivity index (χ1v) is 5.88. The highest BCUT2D eigenvalue weighted by molar-refractivity contribution is 6.30. The van der Waals surface area contributed by atoms with E-state index in [2.05, 4.69) is 12.2 Å². The summed E-state index contributed by atoms with van der Waals surface area (Å²) < 4.78 is 19.0. The van der Waals surface area contributed by atoms with Crippen LogP contribution in [0.25, 0.3) is 0 Å². The standard InChI is InChI=1S/C12H15ClFNO/c1-3-4-10-12(15-2)7-5-8(13)9(14)6-11(7)16-10/h5-6,10,12,15H,3-4H2,1-2H3. The first-order chi connectivity index (χ1) is 7.67. The lowest BCUT2D eigenvalue weighted by atomic mass is 10.0. The van der Waals surface area contributed by atoms with Crippen LogP contribution in [0.5, 0.6) is 5.75 Å². The number of halogens is 2. The van der Waals surface area contributed by atoms with E-state index in [1.807, 2.05) is 7.05 Å². The SMILES string of the molecule is CCCC1Oc2cc(F)c(Cl)cc2C1NC. The number of ether oxygens (including phenoxy) is 1. The van der Waals surface area contributed by atoms with Crippen molar-refractivity contribution >= 4 is 11.6 Å². The quantitative estimate of drug-likeness (QED) is 0.880. The molecule has 0 fully saturated rings. The zero-order valence-corrected chi connectivity index (χ0v) is 10.1. The molecule has 1 aromatic carbocycles. The molecule has 2 unspecified atom stereocenters. The molecule has 2 rings (SSSR count). The van der Waals surface area contributed by atoms with Gasteiger partial charge < -0.3 is 10.1 Å². The van der Waals surface area contributed by atoms with Crippen LogP contribution in [-0.2, 0) is 0 Å². The Kier molecular flexibility index (Phi) is 3.36. The Labute approximate surface area is 99.7 Å². The van der Waals surface area contributed by atoms with Crippen molar-refractivity contribution in [2.75, 3.05) is 7.05 Å². The van der Waals surface area contributed by atoms with Crippen molar-refractivity contribution in [3.63, 3.8) is 0 Å². The van der Waals surface area contributed by atoms with Crippen LogP contribution in [0.3, 0.4) is 0 Å². The van der Waals surface area contributed by atoms with Gasteiger partial charge >= 0.3 is 0 Å². The molecule has 0 bridgehead atoms. The van der Waals surface area contributed by atoms with Gasteiger partial charge in [-0.2, -0.15) is 0 Å². The molecular weight excluding hydrogens is 229 g/mol. The first kappa shape index (κ1) is 11.7. The summed E-state index contributed by atoms with van der Waals surface area (Å²) in [5.74, 6) is 0.187. The maximum absolute atomic E-state index is 13.3. The summed E-state index contributed by atoms with van der Waals surface area (Å²) in [6, 6.07) is 3.13. The van der Waals surface area contributed by atoms with Crippen LogP contribution in [0.4, 0.5) is 4.39 Å². The fourth-order valence-corrected chi connectivity index (χ4v) is 2.34. The Balaban J connectivity index is 2.35. The number of hydrogen-bond donors (Lipinski definition) is 1. The number of rotatable bonds is 3. The van der Waals surface area contributed by atoms with Crippen molar-refractivity contribution < 1.29 is 9.13 Å². The molecule has 4 heteroatoms. The molecule has 1 N–H and O–H groups in total. The van der Waals surface area contributed by atoms with Crippen LogP contribution in [-0.4, -0.2) is 13.2 Å². The molecule has 0 spiro atoms. The molecule has 0 aliphatic carbocycles. The summed E-state index contributed by atoms with van der Waals surface area (Å²) >= 11 is 5.78. The number of fused-ring (bicyclic) bond motifs is 1. The molecule has 0 amide bonds. The van der Waals surface area contributed by atoms with E-state index in [1.54, 1.807) is 6.07 Å². The minimum Gasteiger partial charge on any atom is -0.488 e. The van der Waals surface area contributed by atoms with Gasteiger partial charge in [0, 0.05) is 11.6 Å². The van der Waals surface area contributed by atoms with Gasteiger partial charge in [-0.15, -0.1) is 0 Å². The second-order valence-electron chi connectivity index (χ2n) is 4.02. The predicted molar refractivity (Wildman–Crippen MR) is 62.5 cm³/mol. The third-order valence-corrected chi connectivity index (χ3v) is 3.21. The molecule has 16 heavy (non-hydrogen) atoms. The predicted octanol–water partition coefficient (Wildman–Crippen LogP) is 3.30. The Morgan fingerprint density at radius 3 is 2.88 bits per heavy atom. The Bertz CT molecular complexity index is 397. The Morgan fingerprint density at radius 2 is 2.25 bits per heavy atom. The van der Waals surface area contributed by atoms with Crippen molar-refractivity contribution in [3.05, 3.63) is 28.5 Å². The van der Waals surface area contributed by atoms with E-state index in [1.165, 1.54) is 6.07 Å². The second-order valence-corrected chi connectivity index (χ2v) is 4.42. The van der Waals surface area contributed by atoms with Gasteiger partial charge in [-0.3, -0.25) is 0 Å². The average Bonchev–Trinajstić information content (AvgIpc) is 2.56. The molecule has 0 aromatic heterocycles. The lowest BCUT2D eigenvalue weighted by molar-refractivity contribution is 0.182. The molecule has 0 radical (unpaired) electrons. The molecule has 88 valence electrons. The lowest BCUT2D eigenvalue weighted by Gasteiger charge is -2.17. The van der Waals surface area contributed by atoms with Crippen molar-refractivity contribution in [3.8, 4) is 5.75 Å². The van der Waals surface area contributed by atoms with Gasteiger partial charge in [0.15, 0.2) is 0 Å². The number of nitrogens with one attached hydrogen (secondary N) is 1. The van der Waals surface area contributed by atoms with Crippen LogP contribution in [0, 0.1) is 5.82 Å². The van der Waals surface area contributed by atoms with Crippen molar-refractivity contribution in [2.24, 2.45) is 0 Å². The maximum Gasteiger partial charge on any atom is 0.145 e. The van der Waals surface area contributed by atoms with Gasteiger partial charge in [0.2, 0.25) is 0 Å². The third kappa shape index (κ3) is 1.89. The lowest BCUT2D eigenvalue weighted by Crippen LogP contribution is -2.28. The fraction of sp³-hybridized carbons (Fsp3) is 0.500. The maximum atomic E-state index is 13.3. The van der Waals surface area contributed by atoms with E-state index >= 15 is 0 Å². The normalized spacial score (nSPS) is 23.0. The summed E-state index contributed by atoms with van der Waals surface area (Å²) in [4.78, 5) is 0. The first-order valence-electron chi connectivity index (χ1n) is 5.50. The van der Waals surface area contributed by atoms with Crippen LogP contribution in [0.1, 0.15) is 31.4 Å². The van der Waals surface area contributed by atoms with E-state index in [0.29, 0.717) is 5.75 Å². The minimum atomic E-state index is -0.424. The van der Waals surface area contributed by atoms with Gasteiger partial charge in [-0.05, 0) is 19.5 Å². The average molecular weight is 244 g/mol. The molecule has 1 aliphatic rings. The van der Waals surface area contributed by atoms with Crippen molar-refractivity contribution in [1.82, 2.24) is 5.32 Å². The summed E-state index contributed by atoms with van der Waals surface area (Å²) in [5.41, 5.74) is 0.951. The number of likely N-dealkylation sites (N-methyl/N-ethyl adjacent to an activating group) is 1. The Hall–Kier alpha value is -0.800. The molecular formula is C12H15ClFNO. The van der Waals surface area contributed by atoms with Crippen molar-refractivity contribution in [1.29, 1.82) is 0 Å². The van der Waals surface area contributed by atoms with Gasteiger partial charge in [0.05, 0.1) is 11.1 Å². The smallest absolute Gasteiger partial charge is 0.145 e. The largest absolute Gasteiger partial charge is 0.488 e. The molecule has 2 atom stereocenters. The van der Waals surface area contributed by atoms with E-state index in [-0.39, 0.29) is 17.2 Å². The van der Waals surface area contributed by atoms with E-state index in [4.69, 9.17) is 16.3 Å². The topological polar surface area (TPSA) is 21.3 Å². The van der Waals surface area contributed by atoms with Gasteiger partial charge in [0.25, 0.3) is 0 Å². The Morgan fingerprint density at radius 1 is 1.50 bits per heavy atom. The highest BCUT2D eigenvalue weighted by Gasteiger charge is 2.33. The zero-order chi connectivity index (χ0) is 11.7. The van der Waals surface area contributed by atoms with Crippen LogP contribution >= 0.6 is 11.6 Å². The highest BCUT2D eigenvalue weighted by atomic mass is 35.5. The van der Waals surface area contributed by atoms with E-state index in [9.17, 15) is 4.39 Å². The summed E-state index contributed by atoms with van der Waals surface area (Å²) in [7, 11) is 1.88. The van der Waals surface area contributed by atoms with Crippen LogP contribution in [0.2, 0.25) is 5.02 Å². The van der Waals surface area contributed by atoms with Gasteiger partial charge in [-0.1, -0.05) is 24.9 Å². The van der Waals surface area contributed by atoms with E-state index in [0.717, 1.165) is 18.4 Å². The van der Waals surface area contributed by atoms with Crippen LogP contribution in [0.15, 0.2) is 12.1 Å². The van der Waals surface area contributed by atoms with Crippen molar-refractivity contribution in [2.45, 2.75) is 31.9 Å². The fourth-order valence-electron chi connectivity index (χ4n) is 2.17. The minimum absolute atomic E-state index is 0.0721. The molecule has 2 nitrogen and oxygen atoms in total. The molecule has 1 aliphatic heterocycles. The summed E-state index contributed by atoms with van der Waals surface area (Å²) in [6.07, 6.45) is 2.05. The summed E-state index contributed by atoms with van der Waals surface area (Å²) in [5, 5.41) is 3.35. The van der Waals surface area contributed by atoms with Crippen LogP contribution < -0.4 is 10.1 Å². The molecule has 1 aromatic rings. The number of hydrogen-bond acceptors (Lipinski definition) is 2. The molecule has 0 saturated heterocycles. The van der Waals surface area contributed by atoms with Gasteiger partial charge in [0.1, 0.15) is 17.7 Å². The molecule has 1 heterocycles. The molecule has 0 saturated carbocycles. The van der Waals surface area contributed by atoms with E-state index < -0.39 is 5.82 Å². The third-order valence-electron chi connectivity index (χ3n) is 2.92. The van der Waals surface area contributed by atoms with Gasteiger partial charge in [-0.25, -0.2) is 4.39 Å². The highest BCUT2D eigenvalue weighted by Crippen LogP contribution is 2.40.